The lowest BCUT2D eigenvalue weighted by molar-refractivity contribution is 0.0753. The predicted octanol–water partition coefficient (Wildman–Crippen LogP) is 3.57. The minimum atomic E-state index is 0. The molecule has 1 amide bonds. The largest absolute Gasteiger partial charge is 0.486 e. The Kier molecular flexibility index (Phi) is 5.30. The van der Waals surface area contributed by atoms with Gasteiger partial charge in [-0.3, -0.25) is 4.79 Å². The molecule has 5 rings (SSSR count). The Balaban J connectivity index is 0.00000180. The number of hydrogen-bond donors (Lipinski definition) is 1. The topological polar surface area (TPSA) is 50.8 Å². The van der Waals surface area contributed by atoms with E-state index in [1.807, 2.05) is 35.2 Å². The lowest BCUT2D eigenvalue weighted by Gasteiger charge is -2.23. The number of hydrogen-bond acceptors (Lipinski definition) is 5. The molecule has 3 aliphatic heterocycles. The number of ether oxygens (including phenoxy) is 2. The van der Waals surface area contributed by atoms with Gasteiger partial charge in [0.05, 0.1) is 4.88 Å². The second-order valence-electron chi connectivity index (χ2n) is 7.20. The Labute approximate surface area is 169 Å². The zero-order chi connectivity index (χ0) is 17.5. The van der Waals surface area contributed by atoms with Crippen molar-refractivity contribution in [2.24, 2.45) is 0 Å². The van der Waals surface area contributed by atoms with Gasteiger partial charge >= 0.3 is 0 Å². The van der Waals surface area contributed by atoms with Gasteiger partial charge in [-0.05, 0) is 55.2 Å². The molecule has 7 heteroatoms. The maximum atomic E-state index is 13.0. The molecule has 2 unspecified atom stereocenters. The molecule has 0 radical (unpaired) electrons. The van der Waals surface area contributed by atoms with Gasteiger partial charge in [0.15, 0.2) is 11.5 Å². The van der Waals surface area contributed by atoms with Crippen LogP contribution in [-0.4, -0.2) is 49.2 Å². The molecule has 4 heterocycles. The van der Waals surface area contributed by atoms with Gasteiger partial charge in [0.2, 0.25) is 0 Å². The van der Waals surface area contributed by atoms with Crippen molar-refractivity contribution in [2.45, 2.75) is 31.3 Å². The zero-order valence-corrected chi connectivity index (χ0v) is 16.6. The fourth-order valence-electron chi connectivity index (χ4n) is 4.09. The molecule has 144 valence electrons. The normalized spacial score (nSPS) is 23.5. The third-order valence-electron chi connectivity index (χ3n) is 5.45. The molecule has 2 atom stereocenters. The first kappa shape index (κ1) is 18.6. The molecular weight excluding hydrogens is 384 g/mol. The number of nitrogens with zero attached hydrogens (tertiary/aromatic N) is 1. The quantitative estimate of drug-likeness (QED) is 0.828. The first-order valence-corrected chi connectivity index (χ1v) is 10.1. The Morgan fingerprint density at radius 3 is 2.74 bits per heavy atom. The van der Waals surface area contributed by atoms with Crippen LogP contribution in [-0.2, 0) is 0 Å². The number of amides is 1. The lowest BCUT2D eigenvalue weighted by atomic mass is 10.1. The van der Waals surface area contributed by atoms with Crippen molar-refractivity contribution in [1.82, 2.24) is 10.2 Å². The van der Waals surface area contributed by atoms with Crippen molar-refractivity contribution >= 4 is 29.7 Å². The van der Waals surface area contributed by atoms with Crippen LogP contribution in [0.2, 0.25) is 0 Å². The van der Waals surface area contributed by atoms with E-state index in [0.717, 1.165) is 46.3 Å². The third-order valence-corrected chi connectivity index (χ3v) is 6.58. The van der Waals surface area contributed by atoms with Crippen molar-refractivity contribution in [3.05, 3.63) is 35.2 Å². The summed E-state index contributed by atoms with van der Waals surface area (Å²) in [6.07, 6.45) is 3.49. The van der Waals surface area contributed by atoms with Gasteiger partial charge in [0.1, 0.15) is 13.2 Å². The van der Waals surface area contributed by atoms with Crippen molar-refractivity contribution in [2.75, 3.05) is 26.3 Å². The number of rotatable bonds is 2. The van der Waals surface area contributed by atoms with E-state index in [4.69, 9.17) is 9.47 Å². The maximum absolute atomic E-state index is 13.0. The van der Waals surface area contributed by atoms with Crippen molar-refractivity contribution in [1.29, 1.82) is 0 Å². The summed E-state index contributed by atoms with van der Waals surface area (Å²) in [7, 11) is 0. The maximum Gasteiger partial charge on any atom is 0.263 e. The van der Waals surface area contributed by atoms with Crippen LogP contribution < -0.4 is 14.8 Å². The molecule has 3 aliphatic rings. The first-order chi connectivity index (χ1) is 12.8. The third kappa shape index (κ3) is 3.66. The summed E-state index contributed by atoms with van der Waals surface area (Å²) in [6, 6.07) is 11.0. The fourth-order valence-corrected chi connectivity index (χ4v) is 5.06. The molecule has 27 heavy (non-hydrogen) atoms. The van der Waals surface area contributed by atoms with E-state index in [0.29, 0.717) is 25.3 Å². The minimum absolute atomic E-state index is 0. The molecule has 1 aromatic heterocycles. The number of halogens is 1. The highest BCUT2D eigenvalue weighted by molar-refractivity contribution is 7.17. The fraction of sp³-hybridized carbons (Fsp3) is 0.450. The standard InChI is InChI=1S/C20H22N2O3S.ClH/c23-20(22-8-7-14-2-3-15(12-22)21-14)19-6-5-18(26-19)13-1-4-16-17(11-13)25-10-9-24-16;/h1,4-6,11,14-15,21H,2-3,7-10,12H2;1H. The Bertz CT molecular complexity index is 840. The van der Waals surface area contributed by atoms with Gasteiger partial charge in [-0.2, -0.15) is 0 Å². The molecule has 5 nitrogen and oxygen atoms in total. The molecule has 0 spiro atoms. The molecule has 2 saturated heterocycles. The van der Waals surface area contributed by atoms with E-state index in [1.54, 1.807) is 11.3 Å². The van der Waals surface area contributed by atoms with E-state index in [-0.39, 0.29) is 18.3 Å². The molecule has 2 bridgehead atoms. The summed E-state index contributed by atoms with van der Waals surface area (Å²) in [6.45, 7) is 2.85. The van der Waals surface area contributed by atoms with Crippen LogP contribution in [0.4, 0.5) is 0 Å². The van der Waals surface area contributed by atoms with Crippen LogP contribution in [0.15, 0.2) is 30.3 Å². The van der Waals surface area contributed by atoms with Gasteiger partial charge in [0, 0.05) is 30.1 Å². The average molecular weight is 407 g/mol. The number of benzene rings is 1. The van der Waals surface area contributed by atoms with E-state index in [9.17, 15) is 4.79 Å². The first-order valence-electron chi connectivity index (χ1n) is 9.31. The molecule has 1 N–H and O–H groups in total. The summed E-state index contributed by atoms with van der Waals surface area (Å²) in [4.78, 5) is 16.9. The Morgan fingerprint density at radius 1 is 1.04 bits per heavy atom. The van der Waals surface area contributed by atoms with Gasteiger partial charge in [-0.1, -0.05) is 0 Å². The van der Waals surface area contributed by atoms with Gasteiger partial charge in [-0.25, -0.2) is 0 Å². The highest BCUT2D eigenvalue weighted by atomic mass is 35.5. The second-order valence-corrected chi connectivity index (χ2v) is 8.28. The van der Waals surface area contributed by atoms with Crippen LogP contribution in [0.1, 0.15) is 28.9 Å². The molecular formula is C20H23ClN2O3S. The van der Waals surface area contributed by atoms with Crippen LogP contribution in [0.3, 0.4) is 0 Å². The van der Waals surface area contributed by atoms with Crippen LogP contribution in [0, 0.1) is 0 Å². The average Bonchev–Trinajstić information content (AvgIpc) is 3.27. The molecule has 2 aromatic rings. The van der Waals surface area contributed by atoms with E-state index in [2.05, 4.69) is 5.32 Å². The van der Waals surface area contributed by atoms with Gasteiger partial charge in [0.25, 0.3) is 5.91 Å². The molecule has 2 fully saturated rings. The number of carbonyl (C=O) groups excluding carboxylic acids is 1. The number of fused-ring (bicyclic) bond motifs is 3. The van der Waals surface area contributed by atoms with Gasteiger partial charge in [-0.15, -0.1) is 23.7 Å². The smallest absolute Gasteiger partial charge is 0.263 e. The number of thiophene rings is 1. The monoisotopic (exact) mass is 406 g/mol. The highest BCUT2D eigenvalue weighted by Crippen LogP contribution is 2.37. The van der Waals surface area contributed by atoms with E-state index >= 15 is 0 Å². The highest BCUT2D eigenvalue weighted by Gasteiger charge is 2.31. The number of likely N-dealkylation sites (tertiary alicyclic amines) is 1. The van der Waals surface area contributed by atoms with Crippen molar-refractivity contribution in [3.8, 4) is 21.9 Å². The van der Waals surface area contributed by atoms with E-state index < -0.39 is 0 Å². The lowest BCUT2D eigenvalue weighted by Crippen LogP contribution is -2.38. The number of nitrogens with one attached hydrogen (secondary N) is 1. The van der Waals surface area contributed by atoms with Crippen molar-refractivity contribution < 1.29 is 14.3 Å². The summed E-state index contributed by atoms with van der Waals surface area (Å²) >= 11 is 1.56. The van der Waals surface area contributed by atoms with Crippen LogP contribution in [0.5, 0.6) is 11.5 Å². The molecule has 0 saturated carbocycles. The summed E-state index contributed by atoms with van der Waals surface area (Å²) in [5, 5.41) is 3.63. The van der Waals surface area contributed by atoms with Crippen LogP contribution >= 0.6 is 23.7 Å². The summed E-state index contributed by atoms with van der Waals surface area (Å²) in [5.74, 6) is 1.73. The SMILES string of the molecule is Cl.O=C(c1ccc(-c2ccc3c(c2)OCCO3)s1)N1CCC2CCC(C1)N2. The van der Waals surface area contributed by atoms with Crippen molar-refractivity contribution in [3.63, 3.8) is 0 Å². The van der Waals surface area contributed by atoms with E-state index in [1.165, 1.54) is 12.8 Å². The minimum Gasteiger partial charge on any atom is -0.486 e. The Hall–Kier alpha value is -1.76. The Morgan fingerprint density at radius 2 is 1.85 bits per heavy atom. The summed E-state index contributed by atoms with van der Waals surface area (Å²) < 4.78 is 11.3. The molecule has 1 aromatic carbocycles. The van der Waals surface area contributed by atoms with Gasteiger partial charge < -0.3 is 19.7 Å². The molecule has 0 aliphatic carbocycles. The second kappa shape index (κ2) is 7.70. The summed E-state index contributed by atoms with van der Waals surface area (Å²) in [5.41, 5.74) is 1.06. The predicted molar refractivity (Wildman–Crippen MR) is 108 cm³/mol. The zero-order valence-electron chi connectivity index (χ0n) is 15.0. The number of carbonyl (C=O) groups is 1. The van der Waals surface area contributed by atoms with Crippen LogP contribution in [0.25, 0.3) is 10.4 Å².